The fourth-order valence-electron chi connectivity index (χ4n) is 1.69. The molecule has 0 saturated carbocycles. The van der Waals surface area contributed by atoms with Gasteiger partial charge in [-0.3, -0.25) is 0 Å². The summed E-state index contributed by atoms with van der Waals surface area (Å²) in [5, 5.41) is 0. The first-order valence-electron chi connectivity index (χ1n) is 5.52. The summed E-state index contributed by atoms with van der Waals surface area (Å²) in [6.45, 7) is 4.29. The number of hydrogen-bond acceptors (Lipinski definition) is 0. The average Bonchev–Trinajstić information content (AvgIpc) is 2.30. The van der Waals surface area contributed by atoms with Gasteiger partial charge in [0.25, 0.3) is 0 Å². The van der Waals surface area contributed by atoms with Gasteiger partial charge in [0.05, 0.1) is 0 Å². The Morgan fingerprint density at radius 1 is 0.647 bits per heavy atom. The third kappa shape index (κ3) is 3.41. The summed E-state index contributed by atoms with van der Waals surface area (Å²) >= 11 is 3.09. The van der Waals surface area contributed by atoms with E-state index in [1.165, 1.54) is 11.1 Å². The average molecular weight is 527 g/mol. The third-order valence-corrected chi connectivity index (χ3v) is 22.8. The number of aryl methyl sites for hydroxylation is 2. The van der Waals surface area contributed by atoms with Crippen LogP contribution in [0.4, 0.5) is 0 Å². The fraction of sp³-hybridized carbons (Fsp3) is 0.143. The number of rotatable bonds is 2. The van der Waals surface area contributed by atoms with Crippen LogP contribution in [-0.2, 0) is 11.9 Å². The van der Waals surface area contributed by atoms with Gasteiger partial charge in [0, 0.05) is 0 Å². The molecule has 88 valence electrons. The van der Waals surface area contributed by atoms with Gasteiger partial charge in [0.15, 0.2) is 0 Å². The summed E-state index contributed by atoms with van der Waals surface area (Å²) < 4.78 is 3.10. The van der Waals surface area contributed by atoms with Gasteiger partial charge in [-0.15, -0.1) is 0 Å². The molecule has 0 saturated heterocycles. The molecule has 0 aliphatic carbocycles. The zero-order valence-electron chi connectivity index (χ0n) is 9.87. The van der Waals surface area contributed by atoms with Crippen LogP contribution < -0.4 is 6.54 Å². The molecular formula is C14H14I2Zr. The first-order valence-corrected chi connectivity index (χ1v) is 22.6. The minimum atomic E-state index is -2.37. The van der Waals surface area contributed by atoms with Crippen LogP contribution in [0, 0.1) is 13.8 Å². The molecule has 3 heteroatoms. The van der Waals surface area contributed by atoms with Gasteiger partial charge in [-0.05, 0) is 0 Å². The van der Waals surface area contributed by atoms with Gasteiger partial charge < -0.3 is 0 Å². The quantitative estimate of drug-likeness (QED) is 0.517. The van der Waals surface area contributed by atoms with E-state index in [-0.39, 0.29) is 0 Å². The molecule has 0 spiro atoms. The predicted molar refractivity (Wildman–Crippen MR) is 89.7 cm³/mol. The van der Waals surface area contributed by atoms with Gasteiger partial charge in [-0.1, -0.05) is 0 Å². The van der Waals surface area contributed by atoms with Gasteiger partial charge in [-0.2, -0.15) is 0 Å². The Balaban J connectivity index is 2.41. The van der Waals surface area contributed by atoms with Crippen molar-refractivity contribution in [3.8, 4) is 0 Å². The Morgan fingerprint density at radius 2 is 0.941 bits per heavy atom. The Morgan fingerprint density at radius 3 is 1.24 bits per heavy atom. The van der Waals surface area contributed by atoms with Crippen LogP contribution in [0.2, 0.25) is 0 Å². The molecule has 17 heavy (non-hydrogen) atoms. The molecule has 0 atom stereocenters. The summed E-state index contributed by atoms with van der Waals surface area (Å²) in [6.07, 6.45) is 0. The third-order valence-electron chi connectivity index (χ3n) is 2.83. The molecule has 2 aromatic carbocycles. The van der Waals surface area contributed by atoms with Gasteiger partial charge in [0.2, 0.25) is 0 Å². The number of halogens is 2. The zero-order chi connectivity index (χ0) is 12.5. The second-order valence-corrected chi connectivity index (χ2v) is 41.3. The summed E-state index contributed by atoms with van der Waals surface area (Å²) in [7, 11) is 0. The minimum absolute atomic E-state index is 1.34. The molecule has 0 nitrogen and oxygen atoms in total. The molecule has 0 fully saturated rings. The van der Waals surface area contributed by atoms with E-state index in [4.69, 9.17) is 0 Å². The van der Waals surface area contributed by atoms with Gasteiger partial charge in [0.1, 0.15) is 0 Å². The van der Waals surface area contributed by atoms with Crippen molar-refractivity contribution in [3.05, 3.63) is 59.7 Å². The molecule has 0 aliphatic heterocycles. The Kier molecular flexibility index (Phi) is 4.87. The number of benzene rings is 2. The van der Waals surface area contributed by atoms with Crippen LogP contribution in [0.5, 0.6) is 0 Å². The van der Waals surface area contributed by atoms with Crippen molar-refractivity contribution >= 4 is 42.6 Å². The first-order chi connectivity index (χ1) is 8.00. The fourth-order valence-corrected chi connectivity index (χ4v) is 13.9. The molecule has 2 rings (SSSR count). The molecule has 0 unspecified atom stereocenters. The van der Waals surface area contributed by atoms with E-state index in [2.05, 4.69) is 98.5 Å². The van der Waals surface area contributed by atoms with Crippen molar-refractivity contribution in [2.75, 3.05) is 0 Å². The summed E-state index contributed by atoms with van der Waals surface area (Å²) in [4.78, 5) is 0. The van der Waals surface area contributed by atoms with E-state index in [9.17, 15) is 0 Å². The van der Waals surface area contributed by atoms with Crippen molar-refractivity contribution in [1.82, 2.24) is 0 Å². The molecular weight excluding hydrogens is 513 g/mol. The van der Waals surface area contributed by atoms with Crippen molar-refractivity contribution in [3.63, 3.8) is 0 Å². The first kappa shape index (κ1) is 14.2. The van der Waals surface area contributed by atoms with E-state index in [1.54, 1.807) is 6.54 Å². The van der Waals surface area contributed by atoms with E-state index in [0.717, 1.165) is 0 Å². The van der Waals surface area contributed by atoms with Crippen LogP contribution in [0.25, 0.3) is 0 Å². The molecule has 2 aromatic rings. The van der Waals surface area contributed by atoms with Crippen LogP contribution in [0.3, 0.4) is 0 Å². The molecule has 0 bridgehead atoms. The second-order valence-electron chi connectivity index (χ2n) is 4.31. The van der Waals surface area contributed by atoms with E-state index in [0.29, 0.717) is 0 Å². The van der Waals surface area contributed by atoms with Crippen molar-refractivity contribution < 1.29 is 11.9 Å². The summed E-state index contributed by atoms with van der Waals surface area (Å²) in [5.74, 6) is 0. The molecule has 0 heterocycles. The van der Waals surface area contributed by atoms with Crippen LogP contribution in [0.15, 0.2) is 48.5 Å². The van der Waals surface area contributed by atoms with Crippen molar-refractivity contribution in [2.45, 2.75) is 13.8 Å². The maximum atomic E-state index is 2.73. The second kappa shape index (κ2) is 5.83. The van der Waals surface area contributed by atoms with Gasteiger partial charge in [-0.25, -0.2) is 0 Å². The van der Waals surface area contributed by atoms with E-state index < -0.39 is 11.9 Å². The molecule has 0 aliphatic rings. The maximum absolute atomic E-state index is 2.73. The van der Waals surface area contributed by atoms with Crippen LogP contribution >= 0.6 is 36.1 Å². The monoisotopic (exact) mass is 526 g/mol. The van der Waals surface area contributed by atoms with E-state index in [1.807, 2.05) is 0 Å². The van der Waals surface area contributed by atoms with Crippen molar-refractivity contribution in [1.29, 1.82) is 0 Å². The van der Waals surface area contributed by atoms with E-state index >= 15 is 0 Å². The Labute approximate surface area is 126 Å². The molecule has 0 N–H and O–H groups in total. The van der Waals surface area contributed by atoms with Gasteiger partial charge >= 0.3 is 128 Å². The standard InChI is InChI=1S/2C7H7.2HI.Zr/c2*1-7-5-3-2-4-6-7;;;/h2*3-6H,1H3;2*1H;/q;;;;+2/p-2. The summed E-state index contributed by atoms with van der Waals surface area (Å²) in [6, 6.07) is 18.2. The number of hydrogen-bond donors (Lipinski definition) is 0. The predicted octanol–water partition coefficient (Wildman–Crippen LogP) is 4.11. The topological polar surface area (TPSA) is 0 Å². The molecule has 0 amide bonds. The normalized spacial score (nSPS) is 11.5. The molecule has 0 radical (unpaired) electrons. The Bertz CT molecular complexity index is 453. The van der Waals surface area contributed by atoms with Crippen LogP contribution in [-0.4, -0.2) is 0 Å². The van der Waals surface area contributed by atoms with Crippen LogP contribution in [0.1, 0.15) is 11.1 Å². The summed E-state index contributed by atoms with van der Waals surface area (Å²) in [5.41, 5.74) is 2.68. The van der Waals surface area contributed by atoms with Crippen molar-refractivity contribution in [2.24, 2.45) is 0 Å². The SMILES string of the molecule is Cc1cc[c]([Zr]([I])([I])[c]2ccc(C)cc2)cc1. The zero-order valence-corrected chi connectivity index (χ0v) is 16.6. The molecule has 0 aromatic heterocycles. The Hall–Kier alpha value is 0.783.